The van der Waals surface area contributed by atoms with Crippen molar-refractivity contribution in [3.63, 3.8) is 0 Å². The molecule has 29 heavy (non-hydrogen) atoms. The molecule has 2 rings (SSSR count). The molecule has 0 bridgehead atoms. The maximum absolute atomic E-state index is 11.9. The molecule has 0 saturated carbocycles. The fraction of sp³-hybridized carbons (Fsp3) is 0.190. The fourth-order valence-electron chi connectivity index (χ4n) is 2.42. The molecule has 0 heterocycles. The van der Waals surface area contributed by atoms with Crippen molar-refractivity contribution >= 4 is 35.2 Å². The number of ether oxygens (including phenoxy) is 2. The minimum atomic E-state index is -0.450. The number of thiocarbonyl (C=S) groups is 1. The molecule has 0 atom stereocenters. The third kappa shape index (κ3) is 7.27. The number of hydrogen-bond donors (Lipinski definition) is 3. The van der Waals surface area contributed by atoms with Crippen LogP contribution in [0.15, 0.2) is 48.5 Å². The Morgan fingerprint density at radius 1 is 1.07 bits per heavy atom. The Bertz CT molecular complexity index is 928. The minimum absolute atomic E-state index is 0.0421. The van der Waals surface area contributed by atoms with Crippen molar-refractivity contribution < 1.29 is 19.1 Å². The Labute approximate surface area is 175 Å². The molecule has 0 radical (unpaired) electrons. The third-order valence-electron chi connectivity index (χ3n) is 3.79. The first-order chi connectivity index (χ1) is 13.9. The van der Waals surface area contributed by atoms with Gasteiger partial charge in [-0.2, -0.15) is 0 Å². The van der Waals surface area contributed by atoms with Crippen molar-refractivity contribution in [1.82, 2.24) is 16.2 Å². The number of rotatable bonds is 6. The minimum Gasteiger partial charge on any atom is -0.496 e. The van der Waals surface area contributed by atoms with Gasteiger partial charge in [-0.05, 0) is 49.8 Å². The number of hydrogen-bond acceptors (Lipinski definition) is 5. The molecule has 3 N–H and O–H groups in total. The van der Waals surface area contributed by atoms with Gasteiger partial charge in [0.1, 0.15) is 11.5 Å². The SMILES string of the molecule is COc1ccccc1/C=C/C(=O)NC(=S)NNC(=O)COc1ccc(C)cc1C. The van der Waals surface area contributed by atoms with Gasteiger partial charge in [0.05, 0.1) is 7.11 Å². The van der Waals surface area contributed by atoms with Crippen LogP contribution in [0.25, 0.3) is 6.08 Å². The maximum atomic E-state index is 11.9. The maximum Gasteiger partial charge on any atom is 0.276 e. The second-order valence-electron chi connectivity index (χ2n) is 6.12. The number of benzene rings is 2. The van der Waals surface area contributed by atoms with Gasteiger partial charge in [0.25, 0.3) is 5.91 Å². The van der Waals surface area contributed by atoms with Crippen LogP contribution in [0.3, 0.4) is 0 Å². The average Bonchev–Trinajstić information content (AvgIpc) is 2.70. The number of hydrazine groups is 1. The Kier molecular flexibility index (Phi) is 8.17. The van der Waals surface area contributed by atoms with E-state index in [2.05, 4.69) is 16.2 Å². The molecule has 2 amide bonds. The first-order valence-electron chi connectivity index (χ1n) is 8.80. The van der Waals surface area contributed by atoms with Crippen molar-refractivity contribution in [2.75, 3.05) is 13.7 Å². The van der Waals surface area contributed by atoms with Gasteiger partial charge in [0, 0.05) is 11.6 Å². The number of carbonyl (C=O) groups excluding carboxylic acids is 2. The van der Waals surface area contributed by atoms with Crippen LogP contribution in [0.5, 0.6) is 11.5 Å². The van der Waals surface area contributed by atoms with Crippen molar-refractivity contribution in [2.45, 2.75) is 13.8 Å². The second-order valence-corrected chi connectivity index (χ2v) is 6.53. The highest BCUT2D eigenvalue weighted by atomic mass is 32.1. The van der Waals surface area contributed by atoms with Crippen LogP contribution >= 0.6 is 12.2 Å². The summed E-state index contributed by atoms with van der Waals surface area (Å²) in [5.41, 5.74) is 7.63. The lowest BCUT2D eigenvalue weighted by Gasteiger charge is -2.12. The van der Waals surface area contributed by atoms with Gasteiger partial charge in [0.15, 0.2) is 11.7 Å². The standard InChI is InChI=1S/C21H23N3O4S/c1-14-8-10-17(15(2)12-14)28-13-20(26)23-24-21(29)22-19(25)11-9-16-6-4-5-7-18(16)27-3/h4-12H,13H2,1-3H3,(H,23,26)(H2,22,24,25,29)/b11-9+. The van der Waals surface area contributed by atoms with E-state index in [0.29, 0.717) is 11.5 Å². The fourth-order valence-corrected chi connectivity index (χ4v) is 2.57. The Morgan fingerprint density at radius 3 is 2.55 bits per heavy atom. The Hall–Kier alpha value is -3.39. The van der Waals surface area contributed by atoms with E-state index in [0.717, 1.165) is 16.7 Å². The highest BCUT2D eigenvalue weighted by Gasteiger charge is 2.07. The van der Waals surface area contributed by atoms with E-state index in [1.807, 2.05) is 50.2 Å². The molecule has 0 aliphatic carbocycles. The lowest BCUT2D eigenvalue weighted by Crippen LogP contribution is -2.49. The van der Waals surface area contributed by atoms with Crippen LogP contribution in [-0.4, -0.2) is 30.6 Å². The molecule has 0 aliphatic rings. The van der Waals surface area contributed by atoms with Gasteiger partial charge in [-0.25, -0.2) is 0 Å². The molecule has 0 fully saturated rings. The molecule has 2 aromatic carbocycles. The van der Waals surface area contributed by atoms with Gasteiger partial charge < -0.3 is 9.47 Å². The van der Waals surface area contributed by atoms with Crippen LogP contribution in [0.2, 0.25) is 0 Å². The van der Waals surface area contributed by atoms with Crippen molar-refractivity contribution in [3.05, 3.63) is 65.2 Å². The highest BCUT2D eigenvalue weighted by molar-refractivity contribution is 7.80. The predicted octanol–water partition coefficient (Wildman–Crippen LogP) is 2.43. The normalized spacial score (nSPS) is 10.3. The number of carbonyl (C=O) groups is 2. The van der Waals surface area contributed by atoms with Gasteiger partial charge in [-0.15, -0.1) is 0 Å². The van der Waals surface area contributed by atoms with E-state index in [1.54, 1.807) is 19.3 Å². The molecule has 2 aromatic rings. The summed E-state index contributed by atoms with van der Waals surface area (Å²) < 4.78 is 10.7. The summed E-state index contributed by atoms with van der Waals surface area (Å²) in [5.74, 6) is 0.386. The number of aryl methyl sites for hydroxylation is 2. The molecule has 0 unspecified atom stereocenters. The van der Waals surface area contributed by atoms with E-state index in [9.17, 15) is 9.59 Å². The van der Waals surface area contributed by atoms with Crippen LogP contribution in [0.1, 0.15) is 16.7 Å². The molecule has 0 aromatic heterocycles. The number of amides is 2. The monoisotopic (exact) mass is 413 g/mol. The first-order valence-corrected chi connectivity index (χ1v) is 9.21. The molecule has 0 spiro atoms. The largest absolute Gasteiger partial charge is 0.496 e. The van der Waals surface area contributed by atoms with Crippen LogP contribution in [0, 0.1) is 13.8 Å². The van der Waals surface area contributed by atoms with E-state index in [1.165, 1.54) is 6.08 Å². The number of para-hydroxylation sites is 1. The average molecular weight is 413 g/mol. The summed E-state index contributed by atoms with van der Waals surface area (Å²) in [4.78, 5) is 23.8. The first kappa shape index (κ1) is 21.9. The zero-order valence-electron chi connectivity index (χ0n) is 16.4. The van der Waals surface area contributed by atoms with Crippen molar-refractivity contribution in [2.24, 2.45) is 0 Å². The smallest absolute Gasteiger partial charge is 0.276 e. The van der Waals surface area contributed by atoms with Gasteiger partial charge in [-0.1, -0.05) is 35.9 Å². The predicted molar refractivity (Wildman–Crippen MR) is 115 cm³/mol. The molecule has 7 nitrogen and oxygen atoms in total. The molecule has 0 saturated heterocycles. The van der Waals surface area contributed by atoms with Crippen LogP contribution < -0.4 is 25.6 Å². The van der Waals surface area contributed by atoms with Crippen molar-refractivity contribution in [3.8, 4) is 11.5 Å². The Morgan fingerprint density at radius 2 is 1.83 bits per heavy atom. The summed E-state index contributed by atoms with van der Waals surface area (Å²) >= 11 is 4.98. The molecule has 8 heteroatoms. The van der Waals surface area contributed by atoms with Gasteiger partial charge >= 0.3 is 0 Å². The topological polar surface area (TPSA) is 88.7 Å². The molecular weight excluding hydrogens is 390 g/mol. The molecule has 0 aliphatic heterocycles. The quantitative estimate of drug-likeness (QED) is 0.383. The van der Waals surface area contributed by atoms with E-state index in [4.69, 9.17) is 21.7 Å². The van der Waals surface area contributed by atoms with E-state index >= 15 is 0 Å². The summed E-state index contributed by atoms with van der Waals surface area (Å²) in [6.07, 6.45) is 2.92. The summed E-state index contributed by atoms with van der Waals surface area (Å²) in [6.45, 7) is 3.69. The van der Waals surface area contributed by atoms with Gasteiger partial charge in [0.2, 0.25) is 5.91 Å². The lowest BCUT2D eigenvalue weighted by molar-refractivity contribution is -0.123. The van der Waals surface area contributed by atoms with Crippen molar-refractivity contribution in [1.29, 1.82) is 0 Å². The van der Waals surface area contributed by atoms with Crippen LogP contribution in [0.4, 0.5) is 0 Å². The lowest BCUT2D eigenvalue weighted by atomic mass is 10.1. The summed E-state index contributed by atoms with van der Waals surface area (Å²) in [6, 6.07) is 13.0. The number of nitrogens with one attached hydrogen (secondary N) is 3. The van der Waals surface area contributed by atoms with E-state index < -0.39 is 11.8 Å². The molecular formula is C21H23N3O4S. The Balaban J connectivity index is 1.75. The van der Waals surface area contributed by atoms with Gasteiger partial charge in [-0.3, -0.25) is 25.8 Å². The van der Waals surface area contributed by atoms with Crippen LogP contribution in [-0.2, 0) is 9.59 Å². The number of methoxy groups -OCH3 is 1. The summed E-state index contributed by atoms with van der Waals surface area (Å²) in [5, 5.41) is 2.39. The zero-order valence-corrected chi connectivity index (χ0v) is 17.3. The molecule has 152 valence electrons. The zero-order chi connectivity index (χ0) is 21.2. The second kappa shape index (κ2) is 10.8. The van der Waals surface area contributed by atoms with E-state index in [-0.39, 0.29) is 11.7 Å². The third-order valence-corrected chi connectivity index (χ3v) is 4.00. The summed E-state index contributed by atoms with van der Waals surface area (Å²) in [7, 11) is 1.55. The highest BCUT2D eigenvalue weighted by Crippen LogP contribution is 2.19.